The molecule has 5 heteroatoms. The Morgan fingerprint density at radius 1 is 1.67 bits per heavy atom. The summed E-state index contributed by atoms with van der Waals surface area (Å²) in [5.41, 5.74) is 8.25. The van der Waals surface area contributed by atoms with Crippen LogP contribution in [-0.2, 0) is 0 Å². The van der Waals surface area contributed by atoms with E-state index in [1.807, 2.05) is 6.92 Å². The average Bonchev–Trinajstić information content (AvgIpc) is 2.30. The molecular weight excluding hydrogens is 158 g/mol. The molecule has 12 heavy (non-hydrogen) atoms. The van der Waals surface area contributed by atoms with E-state index in [-0.39, 0.29) is 5.76 Å². The standard InChI is InChI=1S/C7H11N3O2/c1-4-2-3-5(6(4)11)9-10-7(8)12/h11H,2-3H2,1H3,(H3,8,10,12)/b9-5+. The zero-order chi connectivity index (χ0) is 9.14. The van der Waals surface area contributed by atoms with Crippen molar-refractivity contribution in [3.05, 3.63) is 11.3 Å². The van der Waals surface area contributed by atoms with Crippen molar-refractivity contribution in [2.24, 2.45) is 10.8 Å². The Morgan fingerprint density at radius 3 is 2.75 bits per heavy atom. The van der Waals surface area contributed by atoms with Crippen molar-refractivity contribution in [3.8, 4) is 0 Å². The number of urea groups is 1. The molecule has 2 amide bonds. The minimum atomic E-state index is -0.722. The Balaban J connectivity index is 2.66. The van der Waals surface area contributed by atoms with Gasteiger partial charge in [-0.05, 0) is 25.3 Å². The summed E-state index contributed by atoms with van der Waals surface area (Å²) in [6.45, 7) is 1.82. The minimum Gasteiger partial charge on any atom is -0.506 e. The number of nitrogens with zero attached hydrogens (tertiary/aromatic N) is 1. The number of carbonyl (C=O) groups is 1. The van der Waals surface area contributed by atoms with E-state index in [2.05, 4.69) is 10.5 Å². The summed E-state index contributed by atoms with van der Waals surface area (Å²) < 4.78 is 0. The first-order valence-corrected chi connectivity index (χ1v) is 3.62. The van der Waals surface area contributed by atoms with E-state index in [0.29, 0.717) is 12.1 Å². The second-order valence-corrected chi connectivity index (χ2v) is 2.66. The third kappa shape index (κ3) is 1.75. The number of hydrazone groups is 1. The maximum absolute atomic E-state index is 10.3. The van der Waals surface area contributed by atoms with Crippen molar-refractivity contribution >= 4 is 11.7 Å². The van der Waals surface area contributed by atoms with Crippen LogP contribution >= 0.6 is 0 Å². The molecule has 0 fully saturated rings. The predicted octanol–water partition coefficient (Wildman–Crippen LogP) is 0.637. The monoisotopic (exact) mass is 169 g/mol. The number of aliphatic hydroxyl groups excluding tert-OH is 1. The van der Waals surface area contributed by atoms with Gasteiger partial charge in [0.1, 0.15) is 11.5 Å². The smallest absolute Gasteiger partial charge is 0.332 e. The van der Waals surface area contributed by atoms with E-state index in [1.54, 1.807) is 0 Å². The molecule has 0 bridgehead atoms. The second kappa shape index (κ2) is 3.25. The Morgan fingerprint density at radius 2 is 2.33 bits per heavy atom. The van der Waals surface area contributed by atoms with Gasteiger partial charge in [0.15, 0.2) is 0 Å². The molecular formula is C7H11N3O2. The van der Waals surface area contributed by atoms with Crippen LogP contribution in [0.1, 0.15) is 19.8 Å². The summed E-state index contributed by atoms with van der Waals surface area (Å²) in [6, 6.07) is -0.722. The summed E-state index contributed by atoms with van der Waals surface area (Å²) in [6.07, 6.45) is 1.43. The van der Waals surface area contributed by atoms with Crippen LogP contribution in [0.15, 0.2) is 16.4 Å². The van der Waals surface area contributed by atoms with Gasteiger partial charge in [-0.2, -0.15) is 5.10 Å². The Hall–Kier alpha value is -1.52. The fourth-order valence-corrected chi connectivity index (χ4v) is 1.02. The van der Waals surface area contributed by atoms with Crippen LogP contribution in [-0.4, -0.2) is 16.8 Å². The number of nitrogens with one attached hydrogen (secondary N) is 1. The molecule has 66 valence electrons. The first-order valence-electron chi connectivity index (χ1n) is 3.62. The molecule has 0 aromatic heterocycles. The van der Waals surface area contributed by atoms with Crippen LogP contribution in [0, 0.1) is 0 Å². The lowest BCUT2D eigenvalue weighted by Crippen LogP contribution is -2.25. The quantitative estimate of drug-likeness (QED) is 0.503. The van der Waals surface area contributed by atoms with E-state index >= 15 is 0 Å². The summed E-state index contributed by atoms with van der Waals surface area (Å²) in [5.74, 6) is 0.170. The molecule has 0 saturated carbocycles. The maximum Gasteiger partial charge on any atom is 0.332 e. The summed E-state index contributed by atoms with van der Waals surface area (Å²) in [7, 11) is 0. The lowest BCUT2D eigenvalue weighted by atomic mass is 10.3. The number of rotatable bonds is 1. The highest BCUT2D eigenvalue weighted by atomic mass is 16.3. The van der Waals surface area contributed by atoms with E-state index in [4.69, 9.17) is 5.73 Å². The van der Waals surface area contributed by atoms with Crippen LogP contribution in [0.25, 0.3) is 0 Å². The zero-order valence-electron chi connectivity index (χ0n) is 6.79. The number of nitrogens with two attached hydrogens (primary N) is 1. The predicted molar refractivity (Wildman–Crippen MR) is 44.7 cm³/mol. The lowest BCUT2D eigenvalue weighted by molar-refractivity contribution is 0.249. The normalized spacial score (nSPS) is 20.2. The zero-order valence-corrected chi connectivity index (χ0v) is 6.79. The van der Waals surface area contributed by atoms with Crippen molar-refractivity contribution in [1.82, 2.24) is 5.43 Å². The fraction of sp³-hybridized carbons (Fsp3) is 0.429. The molecule has 0 saturated heterocycles. The molecule has 5 nitrogen and oxygen atoms in total. The SMILES string of the molecule is CC1=C(O)/C(=N/NC(N)=O)CC1. The Bertz CT molecular complexity index is 268. The van der Waals surface area contributed by atoms with Crippen molar-refractivity contribution in [3.63, 3.8) is 0 Å². The molecule has 1 rings (SSSR count). The van der Waals surface area contributed by atoms with Gasteiger partial charge in [-0.3, -0.25) is 0 Å². The number of allylic oxidation sites excluding steroid dienone is 2. The summed E-state index contributed by atoms with van der Waals surface area (Å²) in [5, 5.41) is 13.0. The molecule has 0 radical (unpaired) electrons. The van der Waals surface area contributed by atoms with Crippen LogP contribution in [0.2, 0.25) is 0 Å². The van der Waals surface area contributed by atoms with Crippen molar-refractivity contribution in [1.29, 1.82) is 0 Å². The average molecular weight is 169 g/mol. The van der Waals surface area contributed by atoms with Gasteiger partial charge >= 0.3 is 6.03 Å². The second-order valence-electron chi connectivity index (χ2n) is 2.66. The van der Waals surface area contributed by atoms with Gasteiger partial charge < -0.3 is 10.8 Å². The number of primary amides is 1. The highest BCUT2D eigenvalue weighted by Crippen LogP contribution is 2.20. The highest BCUT2D eigenvalue weighted by Gasteiger charge is 2.17. The molecule has 0 aromatic rings. The molecule has 0 spiro atoms. The Labute approximate surface area is 69.9 Å². The number of hydrogen-bond donors (Lipinski definition) is 3. The minimum absolute atomic E-state index is 0.170. The van der Waals surface area contributed by atoms with Crippen molar-refractivity contribution < 1.29 is 9.90 Å². The number of hydrogen-bond acceptors (Lipinski definition) is 3. The van der Waals surface area contributed by atoms with Gasteiger partial charge in [-0.1, -0.05) is 0 Å². The first-order chi connectivity index (χ1) is 5.61. The van der Waals surface area contributed by atoms with Gasteiger partial charge in [-0.25, -0.2) is 10.2 Å². The largest absolute Gasteiger partial charge is 0.506 e. The molecule has 0 aliphatic heterocycles. The van der Waals surface area contributed by atoms with Gasteiger partial charge in [0.2, 0.25) is 0 Å². The molecule has 0 aromatic carbocycles. The van der Waals surface area contributed by atoms with E-state index in [9.17, 15) is 9.90 Å². The van der Waals surface area contributed by atoms with Gasteiger partial charge in [0.05, 0.1) is 0 Å². The number of aliphatic hydroxyl groups is 1. The summed E-state index contributed by atoms with van der Waals surface area (Å²) in [4.78, 5) is 10.3. The molecule has 0 heterocycles. The van der Waals surface area contributed by atoms with Gasteiger partial charge in [-0.15, -0.1) is 0 Å². The van der Waals surface area contributed by atoms with Crippen LogP contribution in [0.5, 0.6) is 0 Å². The van der Waals surface area contributed by atoms with E-state index in [1.165, 1.54) is 0 Å². The van der Waals surface area contributed by atoms with Gasteiger partial charge in [0.25, 0.3) is 0 Å². The van der Waals surface area contributed by atoms with Crippen molar-refractivity contribution in [2.75, 3.05) is 0 Å². The van der Waals surface area contributed by atoms with E-state index < -0.39 is 6.03 Å². The summed E-state index contributed by atoms with van der Waals surface area (Å²) >= 11 is 0. The highest BCUT2D eigenvalue weighted by molar-refractivity contribution is 6.01. The number of carbonyl (C=O) groups excluding carboxylic acids is 1. The van der Waals surface area contributed by atoms with Crippen LogP contribution in [0.4, 0.5) is 4.79 Å². The molecule has 1 aliphatic carbocycles. The van der Waals surface area contributed by atoms with Crippen LogP contribution in [0.3, 0.4) is 0 Å². The van der Waals surface area contributed by atoms with Crippen molar-refractivity contribution in [2.45, 2.75) is 19.8 Å². The third-order valence-electron chi connectivity index (χ3n) is 1.72. The fourth-order valence-electron chi connectivity index (χ4n) is 1.02. The van der Waals surface area contributed by atoms with Crippen LogP contribution < -0.4 is 11.2 Å². The topological polar surface area (TPSA) is 87.7 Å². The molecule has 4 N–H and O–H groups in total. The van der Waals surface area contributed by atoms with Gasteiger partial charge in [0, 0.05) is 0 Å². The lowest BCUT2D eigenvalue weighted by Gasteiger charge is -1.96. The molecule has 0 atom stereocenters. The Kier molecular flexibility index (Phi) is 2.32. The first kappa shape index (κ1) is 8.58. The third-order valence-corrected chi connectivity index (χ3v) is 1.72. The maximum atomic E-state index is 10.3. The molecule has 0 unspecified atom stereocenters. The molecule has 1 aliphatic rings. The number of amides is 2. The van der Waals surface area contributed by atoms with E-state index in [0.717, 1.165) is 12.0 Å².